The number of nitrogens with zero attached hydrogens (tertiary/aromatic N) is 3. The van der Waals surface area contributed by atoms with E-state index in [0.29, 0.717) is 5.82 Å². The summed E-state index contributed by atoms with van der Waals surface area (Å²) in [6.07, 6.45) is 0. The van der Waals surface area contributed by atoms with E-state index in [2.05, 4.69) is 120 Å². The lowest BCUT2D eigenvalue weighted by molar-refractivity contribution is 0.668. The maximum atomic E-state index is 6.18. The maximum absolute atomic E-state index is 6.18. The van der Waals surface area contributed by atoms with E-state index in [4.69, 9.17) is 18.8 Å². The number of hydrogen-bond donors (Lipinski definition) is 0. The Morgan fingerprint density at radius 3 is 1.53 bits per heavy atom. The van der Waals surface area contributed by atoms with Crippen LogP contribution in [-0.4, -0.2) is 14.5 Å². The second kappa shape index (κ2) is 10.8. The van der Waals surface area contributed by atoms with Gasteiger partial charge in [-0.05, 0) is 72.8 Å². The van der Waals surface area contributed by atoms with Crippen molar-refractivity contribution in [1.82, 2.24) is 14.5 Å². The number of rotatable bonds is 4. The molecule has 7 aromatic carbocycles. The first kappa shape index (κ1) is 27.9. The predicted molar refractivity (Wildman–Crippen MR) is 207 cm³/mol. The van der Waals surface area contributed by atoms with Gasteiger partial charge in [0.05, 0.1) is 28.1 Å². The first-order valence-corrected chi connectivity index (χ1v) is 17.1. The van der Waals surface area contributed by atoms with E-state index in [1.807, 2.05) is 48.5 Å². The molecule has 5 heteroatoms. The van der Waals surface area contributed by atoms with Crippen molar-refractivity contribution in [3.05, 3.63) is 164 Å². The van der Waals surface area contributed by atoms with Gasteiger partial charge in [-0.15, -0.1) is 0 Å². The largest absolute Gasteiger partial charge is 0.456 e. The first-order chi connectivity index (χ1) is 25.3. The van der Waals surface area contributed by atoms with E-state index in [0.717, 1.165) is 88.7 Å². The third kappa shape index (κ3) is 4.28. The van der Waals surface area contributed by atoms with Crippen LogP contribution in [0, 0.1) is 0 Å². The molecule has 0 fully saturated rings. The second-order valence-corrected chi connectivity index (χ2v) is 13.0. The summed E-state index contributed by atoms with van der Waals surface area (Å²) in [6, 6.07) is 56.7. The van der Waals surface area contributed by atoms with Gasteiger partial charge < -0.3 is 13.4 Å². The summed E-state index contributed by atoms with van der Waals surface area (Å²) in [7, 11) is 0. The fourth-order valence-corrected chi connectivity index (χ4v) is 7.68. The highest BCUT2D eigenvalue weighted by Gasteiger charge is 2.19. The van der Waals surface area contributed by atoms with Crippen LogP contribution in [0.25, 0.3) is 105 Å². The Bertz CT molecular complexity index is 2980. The number of aromatic nitrogens is 3. The van der Waals surface area contributed by atoms with Crippen molar-refractivity contribution in [3.63, 3.8) is 0 Å². The Balaban J connectivity index is 1.18. The van der Waals surface area contributed by atoms with E-state index in [1.54, 1.807) is 0 Å². The molecule has 51 heavy (non-hydrogen) atoms. The Kier molecular flexibility index (Phi) is 5.89. The minimum Gasteiger partial charge on any atom is -0.456 e. The third-order valence-electron chi connectivity index (χ3n) is 10.0. The summed E-state index contributed by atoms with van der Waals surface area (Å²) >= 11 is 0. The molecule has 4 heterocycles. The van der Waals surface area contributed by atoms with Crippen molar-refractivity contribution in [2.45, 2.75) is 0 Å². The van der Waals surface area contributed by atoms with Gasteiger partial charge in [-0.2, -0.15) is 0 Å². The summed E-state index contributed by atoms with van der Waals surface area (Å²) in [6.45, 7) is 0. The molecule has 0 bridgehead atoms. The van der Waals surface area contributed by atoms with Crippen LogP contribution in [0.3, 0.4) is 0 Å². The lowest BCUT2D eigenvalue weighted by Crippen LogP contribution is -2.00. The van der Waals surface area contributed by atoms with E-state index < -0.39 is 0 Å². The Labute approximate surface area is 291 Å². The molecular weight excluding hydrogens is 627 g/mol. The first-order valence-electron chi connectivity index (χ1n) is 17.1. The summed E-state index contributed by atoms with van der Waals surface area (Å²) in [4.78, 5) is 10.6. The van der Waals surface area contributed by atoms with Gasteiger partial charge in [-0.3, -0.25) is 0 Å². The van der Waals surface area contributed by atoms with Crippen LogP contribution in [-0.2, 0) is 0 Å². The molecule has 11 rings (SSSR count). The molecule has 0 spiro atoms. The van der Waals surface area contributed by atoms with Gasteiger partial charge in [0, 0.05) is 49.0 Å². The minimum atomic E-state index is 0.642. The second-order valence-electron chi connectivity index (χ2n) is 13.0. The molecule has 0 saturated heterocycles. The highest BCUT2D eigenvalue weighted by Crippen LogP contribution is 2.39. The minimum absolute atomic E-state index is 0.642. The molecule has 0 amide bonds. The molecule has 0 radical (unpaired) electrons. The number of hydrogen-bond acceptors (Lipinski definition) is 4. The zero-order valence-corrected chi connectivity index (χ0v) is 27.2. The smallest absolute Gasteiger partial charge is 0.160 e. The molecule has 11 aromatic rings. The van der Waals surface area contributed by atoms with Crippen LogP contribution in [0.15, 0.2) is 173 Å². The molecule has 0 aliphatic carbocycles. The van der Waals surface area contributed by atoms with Crippen LogP contribution in [0.4, 0.5) is 0 Å². The van der Waals surface area contributed by atoms with Crippen LogP contribution >= 0.6 is 0 Å². The van der Waals surface area contributed by atoms with Gasteiger partial charge in [0.1, 0.15) is 22.3 Å². The fourth-order valence-electron chi connectivity index (χ4n) is 7.68. The molecular formula is C46H27N3O2. The van der Waals surface area contributed by atoms with Crippen molar-refractivity contribution >= 4 is 65.7 Å². The van der Waals surface area contributed by atoms with Gasteiger partial charge in [-0.25, -0.2) is 9.97 Å². The molecule has 0 unspecified atom stereocenters. The summed E-state index contributed by atoms with van der Waals surface area (Å²) in [5, 5.41) is 6.68. The summed E-state index contributed by atoms with van der Waals surface area (Å²) in [5.74, 6) is 0.642. The van der Waals surface area contributed by atoms with Gasteiger partial charge >= 0.3 is 0 Å². The van der Waals surface area contributed by atoms with Gasteiger partial charge in [0.25, 0.3) is 0 Å². The van der Waals surface area contributed by atoms with E-state index in [1.165, 1.54) is 10.8 Å². The molecule has 0 aliphatic rings. The van der Waals surface area contributed by atoms with Crippen molar-refractivity contribution in [1.29, 1.82) is 0 Å². The topological polar surface area (TPSA) is 57.0 Å². The maximum Gasteiger partial charge on any atom is 0.160 e. The van der Waals surface area contributed by atoms with E-state index in [-0.39, 0.29) is 0 Å². The number of fused-ring (bicyclic) bond motifs is 9. The highest BCUT2D eigenvalue weighted by atomic mass is 16.3. The summed E-state index contributed by atoms with van der Waals surface area (Å²) < 4.78 is 14.7. The van der Waals surface area contributed by atoms with Crippen molar-refractivity contribution in [3.8, 4) is 39.6 Å². The number of benzene rings is 7. The lowest BCUT2D eigenvalue weighted by Gasteiger charge is -2.15. The average Bonchev–Trinajstić information content (AvgIpc) is 3.87. The van der Waals surface area contributed by atoms with E-state index in [9.17, 15) is 0 Å². The molecule has 238 valence electrons. The molecule has 5 nitrogen and oxygen atoms in total. The zero-order chi connectivity index (χ0) is 33.5. The van der Waals surface area contributed by atoms with Crippen LogP contribution in [0.5, 0.6) is 0 Å². The third-order valence-corrected chi connectivity index (χ3v) is 10.0. The lowest BCUT2D eigenvalue weighted by atomic mass is 10.0. The predicted octanol–water partition coefficient (Wildman–Crippen LogP) is 12.4. The molecule has 4 aromatic heterocycles. The van der Waals surface area contributed by atoms with Crippen molar-refractivity contribution in [2.75, 3.05) is 0 Å². The Hall–Kier alpha value is -6.98. The van der Waals surface area contributed by atoms with Crippen molar-refractivity contribution < 1.29 is 8.83 Å². The average molecular weight is 654 g/mol. The van der Waals surface area contributed by atoms with Crippen LogP contribution in [0.1, 0.15) is 0 Å². The molecule has 0 saturated carbocycles. The Morgan fingerprint density at radius 2 is 0.863 bits per heavy atom. The van der Waals surface area contributed by atoms with Crippen LogP contribution in [0.2, 0.25) is 0 Å². The number of para-hydroxylation sites is 5. The zero-order valence-electron chi connectivity index (χ0n) is 27.2. The van der Waals surface area contributed by atoms with Gasteiger partial charge in [-0.1, -0.05) is 91.0 Å². The monoisotopic (exact) mass is 653 g/mol. The van der Waals surface area contributed by atoms with Crippen molar-refractivity contribution in [2.24, 2.45) is 0 Å². The standard InChI is InChI=1S/C46H27N3O2/c1-6-16-39-30(11-1)31-12-2-7-17-40(31)49(39)41-18-8-3-15-34(41)38-27-37(28-21-23-44-35(25-28)32-13-4-9-19-42(32)50-44)47-46(48-38)29-22-24-45-36(26-29)33-14-5-10-20-43(33)51-45/h1-27H. The molecule has 0 N–H and O–H groups in total. The van der Waals surface area contributed by atoms with Gasteiger partial charge in [0.15, 0.2) is 5.82 Å². The fraction of sp³-hybridized carbons (Fsp3) is 0. The molecule has 0 aliphatic heterocycles. The summed E-state index contributed by atoms with van der Waals surface area (Å²) in [5.41, 5.74) is 11.4. The van der Waals surface area contributed by atoms with Crippen LogP contribution < -0.4 is 0 Å². The quantitative estimate of drug-likeness (QED) is 0.190. The number of furan rings is 2. The van der Waals surface area contributed by atoms with Gasteiger partial charge in [0.2, 0.25) is 0 Å². The van der Waals surface area contributed by atoms with E-state index >= 15 is 0 Å². The molecule has 0 atom stereocenters. The Morgan fingerprint density at radius 1 is 0.373 bits per heavy atom. The SMILES string of the molecule is c1ccc(-n2c3ccccc3c3ccccc32)c(-c2cc(-c3ccc4oc5ccccc5c4c3)nc(-c3ccc4oc5ccccc5c4c3)n2)c1. The highest BCUT2D eigenvalue weighted by molar-refractivity contribution is 6.10. The normalized spacial score (nSPS) is 11.9.